The van der Waals surface area contributed by atoms with Gasteiger partial charge in [0.15, 0.2) is 0 Å². The van der Waals surface area contributed by atoms with E-state index in [-0.39, 0.29) is 12.1 Å². The Morgan fingerprint density at radius 2 is 2.15 bits per heavy atom. The van der Waals surface area contributed by atoms with Crippen molar-refractivity contribution in [2.75, 3.05) is 11.9 Å². The molecule has 1 unspecified atom stereocenters. The molecule has 1 aliphatic heterocycles. The molecule has 1 aliphatic rings. The molecule has 0 fully saturated rings. The molecule has 2 heterocycles. The van der Waals surface area contributed by atoms with Gasteiger partial charge in [-0.15, -0.1) is 0 Å². The van der Waals surface area contributed by atoms with Crippen LogP contribution in [0.2, 0.25) is 0 Å². The molecule has 1 atom stereocenters. The maximum Gasteiger partial charge on any atom is 0.319 e. The lowest BCUT2D eigenvalue weighted by molar-refractivity contribution is 0.222. The minimum atomic E-state index is -0.245. The van der Waals surface area contributed by atoms with Gasteiger partial charge in [-0.05, 0) is 36.1 Å². The third-order valence-electron chi connectivity index (χ3n) is 4.59. The van der Waals surface area contributed by atoms with E-state index in [0.29, 0.717) is 13.2 Å². The first kappa shape index (κ1) is 17.1. The van der Waals surface area contributed by atoms with Crippen LogP contribution in [-0.4, -0.2) is 33.4 Å². The van der Waals surface area contributed by atoms with Crippen molar-refractivity contribution in [3.8, 4) is 5.75 Å². The fourth-order valence-electron chi connectivity index (χ4n) is 3.29. The minimum absolute atomic E-state index is 0.0678. The first-order chi connectivity index (χ1) is 13.2. The van der Waals surface area contributed by atoms with Crippen molar-refractivity contribution < 1.29 is 9.53 Å². The molecule has 27 heavy (non-hydrogen) atoms. The first-order valence-corrected chi connectivity index (χ1v) is 8.88. The van der Waals surface area contributed by atoms with Gasteiger partial charge in [0, 0.05) is 5.69 Å². The zero-order valence-electron chi connectivity index (χ0n) is 15.1. The van der Waals surface area contributed by atoms with Crippen molar-refractivity contribution in [1.82, 2.24) is 20.1 Å². The molecule has 0 saturated carbocycles. The zero-order chi connectivity index (χ0) is 18.6. The monoisotopic (exact) mass is 363 g/mol. The minimum Gasteiger partial charge on any atom is -0.491 e. The Morgan fingerprint density at radius 1 is 1.26 bits per heavy atom. The molecule has 7 heteroatoms. The number of amides is 2. The number of hydrogen-bond donors (Lipinski definition) is 2. The summed E-state index contributed by atoms with van der Waals surface area (Å²) in [6.07, 6.45) is 3.89. The fourth-order valence-corrected chi connectivity index (χ4v) is 3.29. The van der Waals surface area contributed by atoms with E-state index in [1.54, 1.807) is 11.0 Å². The average molecular weight is 363 g/mol. The predicted octanol–water partition coefficient (Wildman–Crippen LogP) is 2.76. The number of urea groups is 1. The summed E-state index contributed by atoms with van der Waals surface area (Å²) < 4.78 is 7.57. The van der Waals surface area contributed by atoms with E-state index in [2.05, 4.69) is 20.7 Å². The molecule has 2 amide bonds. The summed E-state index contributed by atoms with van der Waals surface area (Å²) in [5.74, 6) is 0.939. The number of benzene rings is 2. The molecule has 138 valence electrons. The van der Waals surface area contributed by atoms with Crippen LogP contribution in [0.3, 0.4) is 0 Å². The van der Waals surface area contributed by atoms with Gasteiger partial charge in [0.25, 0.3) is 0 Å². The van der Waals surface area contributed by atoms with Crippen molar-refractivity contribution in [1.29, 1.82) is 0 Å². The predicted molar refractivity (Wildman–Crippen MR) is 102 cm³/mol. The highest BCUT2D eigenvalue weighted by atomic mass is 16.5. The second-order valence-electron chi connectivity index (χ2n) is 6.62. The van der Waals surface area contributed by atoms with Crippen molar-refractivity contribution >= 4 is 11.7 Å². The Balaban J connectivity index is 1.40. The van der Waals surface area contributed by atoms with E-state index in [9.17, 15) is 4.79 Å². The number of nitrogens with zero attached hydrogens (tertiary/aromatic N) is 3. The van der Waals surface area contributed by atoms with Crippen molar-refractivity contribution in [2.24, 2.45) is 0 Å². The second kappa shape index (κ2) is 7.49. The quantitative estimate of drug-likeness (QED) is 0.747. The van der Waals surface area contributed by atoms with E-state index < -0.39 is 0 Å². The second-order valence-corrected chi connectivity index (χ2v) is 6.62. The molecular formula is C20H21N5O2. The van der Waals surface area contributed by atoms with Crippen LogP contribution in [0, 0.1) is 6.92 Å². The molecule has 4 rings (SSSR count). The van der Waals surface area contributed by atoms with E-state index in [1.165, 1.54) is 6.33 Å². The van der Waals surface area contributed by atoms with Gasteiger partial charge in [-0.1, -0.05) is 36.4 Å². The van der Waals surface area contributed by atoms with Gasteiger partial charge in [0.2, 0.25) is 0 Å². The molecule has 2 N–H and O–H groups in total. The Hall–Kier alpha value is -3.35. The van der Waals surface area contributed by atoms with Gasteiger partial charge < -0.3 is 15.4 Å². The molecule has 0 radical (unpaired) electrons. The lowest BCUT2D eigenvalue weighted by Gasteiger charge is -2.27. The number of nitrogens with one attached hydrogen (secondary N) is 2. The smallest absolute Gasteiger partial charge is 0.319 e. The van der Waals surface area contributed by atoms with Crippen molar-refractivity contribution in [3.05, 3.63) is 71.8 Å². The van der Waals surface area contributed by atoms with Gasteiger partial charge in [-0.3, -0.25) is 0 Å². The summed E-state index contributed by atoms with van der Waals surface area (Å²) in [5, 5.41) is 10.1. The molecular weight excluding hydrogens is 342 g/mol. The highest BCUT2D eigenvalue weighted by molar-refractivity contribution is 5.90. The van der Waals surface area contributed by atoms with Crippen LogP contribution in [0.5, 0.6) is 5.75 Å². The lowest BCUT2D eigenvalue weighted by Crippen LogP contribution is -2.44. The standard InChI is InChI=1S/C20H21N5O2/c1-14-5-4-7-15-9-17(11-27-19(14)15)23-20(26)24-18-8-3-2-6-16(18)10-25-13-21-12-22-25/h2-8,12-13,17H,9-11H2,1H3,(H2,23,24,26). The van der Waals surface area contributed by atoms with Gasteiger partial charge in [-0.2, -0.15) is 5.10 Å². The highest BCUT2D eigenvalue weighted by Crippen LogP contribution is 2.28. The molecule has 0 bridgehead atoms. The Kier molecular flexibility index (Phi) is 4.74. The number of carbonyl (C=O) groups excluding carboxylic acids is 1. The van der Waals surface area contributed by atoms with Gasteiger partial charge >= 0.3 is 6.03 Å². The Labute approximate surface area is 157 Å². The topological polar surface area (TPSA) is 81.1 Å². The summed E-state index contributed by atoms with van der Waals surface area (Å²) in [5.41, 5.74) is 3.95. The molecule has 1 aromatic heterocycles. The fraction of sp³-hybridized carbons (Fsp3) is 0.250. The third kappa shape index (κ3) is 3.92. The normalized spacial score (nSPS) is 15.5. The van der Waals surface area contributed by atoms with Gasteiger partial charge in [0.1, 0.15) is 25.0 Å². The zero-order valence-corrected chi connectivity index (χ0v) is 15.1. The van der Waals surface area contributed by atoms with E-state index in [0.717, 1.165) is 34.5 Å². The van der Waals surface area contributed by atoms with Crippen LogP contribution in [0.1, 0.15) is 16.7 Å². The molecule has 3 aromatic rings. The number of fused-ring (bicyclic) bond motifs is 1. The largest absolute Gasteiger partial charge is 0.491 e. The molecule has 0 spiro atoms. The molecule has 0 saturated heterocycles. The maximum absolute atomic E-state index is 12.5. The number of rotatable bonds is 4. The number of aryl methyl sites for hydroxylation is 1. The average Bonchev–Trinajstić information content (AvgIpc) is 3.16. The third-order valence-corrected chi connectivity index (χ3v) is 4.59. The Bertz CT molecular complexity index is 939. The summed E-state index contributed by atoms with van der Waals surface area (Å²) in [4.78, 5) is 16.5. The molecule has 2 aromatic carbocycles. The van der Waals surface area contributed by atoms with Crippen LogP contribution < -0.4 is 15.4 Å². The van der Waals surface area contributed by atoms with Gasteiger partial charge in [0.05, 0.1) is 12.6 Å². The first-order valence-electron chi connectivity index (χ1n) is 8.88. The number of carbonyl (C=O) groups is 1. The summed E-state index contributed by atoms with van der Waals surface area (Å²) in [6.45, 7) is 3.03. The van der Waals surface area contributed by atoms with E-state index in [1.807, 2.05) is 49.4 Å². The highest BCUT2D eigenvalue weighted by Gasteiger charge is 2.22. The summed E-state index contributed by atoms with van der Waals surface area (Å²) in [7, 11) is 0. The summed E-state index contributed by atoms with van der Waals surface area (Å²) in [6, 6.07) is 13.4. The van der Waals surface area contributed by atoms with Crippen molar-refractivity contribution in [3.63, 3.8) is 0 Å². The van der Waals surface area contributed by atoms with E-state index >= 15 is 0 Å². The van der Waals surface area contributed by atoms with Crippen LogP contribution in [0.4, 0.5) is 10.5 Å². The maximum atomic E-state index is 12.5. The lowest BCUT2D eigenvalue weighted by atomic mass is 10.00. The van der Waals surface area contributed by atoms with Crippen LogP contribution in [0.15, 0.2) is 55.1 Å². The Morgan fingerprint density at radius 3 is 3.00 bits per heavy atom. The number of para-hydroxylation sites is 2. The van der Waals surface area contributed by atoms with Crippen molar-refractivity contribution in [2.45, 2.75) is 25.9 Å². The van der Waals surface area contributed by atoms with E-state index in [4.69, 9.17) is 4.74 Å². The van der Waals surface area contributed by atoms with Crippen LogP contribution in [0.25, 0.3) is 0 Å². The van der Waals surface area contributed by atoms with Crippen LogP contribution >= 0.6 is 0 Å². The van der Waals surface area contributed by atoms with Gasteiger partial charge in [-0.25, -0.2) is 14.5 Å². The number of ether oxygens (including phenoxy) is 1. The number of hydrogen-bond acceptors (Lipinski definition) is 4. The summed E-state index contributed by atoms with van der Waals surface area (Å²) >= 11 is 0. The number of anilines is 1. The van der Waals surface area contributed by atoms with Crippen LogP contribution in [-0.2, 0) is 13.0 Å². The molecule has 0 aliphatic carbocycles. The number of aromatic nitrogens is 3. The SMILES string of the molecule is Cc1cccc2c1OCC(NC(=O)Nc1ccccc1Cn1cncn1)C2. The molecule has 7 nitrogen and oxygen atoms in total.